The van der Waals surface area contributed by atoms with E-state index in [0.717, 1.165) is 16.7 Å². The van der Waals surface area contributed by atoms with E-state index in [1.807, 2.05) is 39.0 Å². The number of ether oxygens (including phenoxy) is 4. The van der Waals surface area contributed by atoms with Crippen molar-refractivity contribution in [2.45, 2.75) is 102 Å². The molecular weight excluding hydrogens is 668 g/mol. The molecule has 0 saturated carbocycles. The summed E-state index contributed by atoms with van der Waals surface area (Å²) in [5.74, 6) is -1.84. The highest BCUT2D eigenvalue weighted by Gasteiger charge is 2.64. The molecule has 3 heterocycles. The number of alkyl carbamates (subject to hydrolysis) is 1. The van der Waals surface area contributed by atoms with Gasteiger partial charge in [-0.15, -0.1) is 0 Å². The average Bonchev–Trinajstić information content (AvgIpc) is 3.76. The first-order chi connectivity index (χ1) is 23.4. The Morgan fingerprint density at radius 2 is 1.98 bits per heavy atom. The molecule has 3 aliphatic heterocycles. The number of hydrogen-bond donors (Lipinski definition) is 3. The zero-order valence-corrected chi connectivity index (χ0v) is 31.1. The molecule has 2 saturated heterocycles. The molecular formula is C36H51ClN4O9. The number of methoxy groups -OCH3 is 1. The number of likely N-dealkylation sites (N-methyl/N-ethyl adjacent to an activating group) is 1. The number of anilines is 1. The fraction of sp³-hybridized carbons (Fsp3) is 0.611. The fourth-order valence-corrected chi connectivity index (χ4v) is 6.90. The lowest BCUT2D eigenvalue weighted by molar-refractivity contribution is -0.162. The normalized spacial score (nSPS) is 32.4. The summed E-state index contributed by atoms with van der Waals surface area (Å²) in [4.78, 5) is 55.9. The number of aryl methyl sites for hydroxylation is 1. The van der Waals surface area contributed by atoms with E-state index in [1.54, 1.807) is 40.1 Å². The molecule has 3 amide bonds. The molecule has 3 aliphatic rings. The molecule has 8 atom stereocenters. The van der Waals surface area contributed by atoms with Crippen molar-refractivity contribution in [3.63, 3.8) is 0 Å². The molecule has 0 spiro atoms. The van der Waals surface area contributed by atoms with E-state index >= 15 is 0 Å². The van der Waals surface area contributed by atoms with Crippen LogP contribution in [0.1, 0.15) is 58.1 Å². The van der Waals surface area contributed by atoms with E-state index in [0.29, 0.717) is 23.7 Å². The molecule has 50 heavy (non-hydrogen) atoms. The molecule has 14 heteroatoms. The smallest absolute Gasteiger partial charge is 0.409 e. The highest BCUT2D eigenvalue weighted by atomic mass is 35.5. The molecule has 0 radical (unpaired) electrons. The van der Waals surface area contributed by atoms with Crippen molar-refractivity contribution in [1.29, 1.82) is 0 Å². The van der Waals surface area contributed by atoms with Gasteiger partial charge >= 0.3 is 12.1 Å². The highest BCUT2D eigenvalue weighted by Crippen LogP contribution is 2.49. The van der Waals surface area contributed by atoms with Gasteiger partial charge in [-0.1, -0.05) is 48.4 Å². The maximum atomic E-state index is 14.0. The van der Waals surface area contributed by atoms with Gasteiger partial charge in [0.1, 0.15) is 30.0 Å². The van der Waals surface area contributed by atoms with Gasteiger partial charge in [0, 0.05) is 46.5 Å². The number of hydrogen-bond acceptors (Lipinski definition) is 10. The number of esters is 1. The van der Waals surface area contributed by atoms with Gasteiger partial charge in [-0.3, -0.25) is 14.9 Å². The van der Waals surface area contributed by atoms with Gasteiger partial charge in [0.25, 0.3) is 0 Å². The van der Waals surface area contributed by atoms with Crippen LogP contribution < -0.4 is 15.5 Å². The summed E-state index contributed by atoms with van der Waals surface area (Å²) in [6, 6.07) is 2.86. The van der Waals surface area contributed by atoms with E-state index in [4.69, 9.17) is 30.5 Å². The van der Waals surface area contributed by atoms with E-state index in [2.05, 4.69) is 10.6 Å². The van der Waals surface area contributed by atoms with Gasteiger partial charge in [-0.2, -0.15) is 0 Å². The number of epoxide rings is 1. The Balaban J connectivity index is 1.74. The maximum Gasteiger partial charge on any atom is 0.409 e. The maximum absolute atomic E-state index is 14.0. The molecule has 0 unspecified atom stereocenters. The van der Waals surface area contributed by atoms with E-state index in [1.165, 1.54) is 24.0 Å². The van der Waals surface area contributed by atoms with Gasteiger partial charge in [0.2, 0.25) is 11.8 Å². The van der Waals surface area contributed by atoms with E-state index in [-0.39, 0.29) is 31.1 Å². The standard InChI is InChI=1S/C36H51ClN4O9/c1-20-11-10-12-27(47-9)36(46)19-26(48-34(45)39-36)22(3)32-35(5,50-32)28(49-33(44)23(4)40(7)29(42)13-14-38-6)18-30(43)41(8)25-17-24(15-20)16-21(2)31(25)37/h10-12,16-17,22-23,26-28,32,38,46H,13-15,18-19H2,1-9H3,(H,39,45)/b12-10+,20-11+/t22-,23+,26+,27-,28+,32+,35+,36+/m1/s1. The number of amides is 3. The van der Waals surface area contributed by atoms with Gasteiger partial charge in [-0.25, -0.2) is 9.59 Å². The Morgan fingerprint density at radius 1 is 1.28 bits per heavy atom. The summed E-state index contributed by atoms with van der Waals surface area (Å²) in [6.45, 7) is 9.37. The minimum absolute atomic E-state index is 0.0340. The molecule has 1 aromatic rings. The second kappa shape index (κ2) is 15.8. The van der Waals surface area contributed by atoms with Crippen LogP contribution in [0.25, 0.3) is 0 Å². The SMILES string of the molecule is CNCCC(=O)N(C)[C@@H](C)C(=O)O[C@H]1CC(=O)N(C)c2cc(cc(C)c2Cl)C/C(C)=C/C=C/[C@@H](OC)[C@@]2(O)C[C@H](OC(=O)N2)[C@@H](C)[C@@H]2O[C@@]12C. The van der Waals surface area contributed by atoms with Crippen molar-refractivity contribution in [1.82, 2.24) is 15.5 Å². The number of carbonyl (C=O) groups excluding carboxylic acids is 4. The predicted octanol–water partition coefficient (Wildman–Crippen LogP) is 3.42. The number of aliphatic hydroxyl groups is 1. The molecule has 0 aliphatic carbocycles. The molecule has 1 aromatic carbocycles. The lowest BCUT2D eigenvalue weighted by Crippen LogP contribution is -2.63. The van der Waals surface area contributed by atoms with Crippen molar-refractivity contribution < 1.29 is 43.2 Å². The minimum atomic E-state index is -1.80. The number of benzene rings is 1. The van der Waals surface area contributed by atoms with Crippen molar-refractivity contribution in [2.75, 3.05) is 39.7 Å². The topological polar surface area (TPSA) is 159 Å². The zero-order valence-electron chi connectivity index (χ0n) is 30.4. The van der Waals surface area contributed by atoms with Crippen LogP contribution in [0.4, 0.5) is 10.5 Å². The third kappa shape index (κ3) is 8.51. The number of nitrogens with zero attached hydrogens (tertiary/aromatic N) is 2. The van der Waals surface area contributed by atoms with Crippen LogP contribution in [0, 0.1) is 12.8 Å². The third-order valence-corrected chi connectivity index (χ3v) is 10.6. The number of rotatable bonds is 7. The van der Waals surface area contributed by atoms with Gasteiger partial charge < -0.3 is 39.2 Å². The van der Waals surface area contributed by atoms with Crippen molar-refractivity contribution in [3.8, 4) is 0 Å². The second-order valence-corrected chi connectivity index (χ2v) is 14.2. The molecule has 0 aromatic heterocycles. The summed E-state index contributed by atoms with van der Waals surface area (Å²) in [6.07, 6.45) is 1.46. The Kier molecular flexibility index (Phi) is 12.4. The first-order valence-electron chi connectivity index (χ1n) is 16.9. The molecule has 2 fully saturated rings. The molecule has 276 valence electrons. The molecule has 3 N–H and O–H groups in total. The zero-order chi connectivity index (χ0) is 37.1. The molecule has 4 bridgehead atoms. The monoisotopic (exact) mass is 718 g/mol. The Labute approximate surface area is 299 Å². The van der Waals surface area contributed by atoms with Gasteiger partial charge in [0.05, 0.1) is 23.2 Å². The van der Waals surface area contributed by atoms with Crippen molar-refractivity contribution in [3.05, 3.63) is 52.1 Å². The largest absolute Gasteiger partial charge is 0.457 e. The van der Waals surface area contributed by atoms with Gasteiger partial charge in [-0.05, 0) is 58.4 Å². The number of nitrogens with one attached hydrogen (secondary N) is 2. The van der Waals surface area contributed by atoms with Crippen LogP contribution in [0.2, 0.25) is 5.02 Å². The molecule has 4 rings (SSSR count). The summed E-state index contributed by atoms with van der Waals surface area (Å²) in [5, 5.41) is 17.5. The summed E-state index contributed by atoms with van der Waals surface area (Å²) >= 11 is 6.75. The Morgan fingerprint density at radius 3 is 2.64 bits per heavy atom. The average molecular weight is 719 g/mol. The highest BCUT2D eigenvalue weighted by molar-refractivity contribution is 6.34. The number of carbonyl (C=O) groups is 4. The summed E-state index contributed by atoms with van der Waals surface area (Å²) in [7, 11) is 6.32. The lowest BCUT2D eigenvalue weighted by Gasteiger charge is -2.42. The van der Waals surface area contributed by atoms with E-state index in [9.17, 15) is 24.3 Å². The summed E-state index contributed by atoms with van der Waals surface area (Å²) in [5.41, 5.74) is 0.195. The first kappa shape index (κ1) is 39.3. The van der Waals surface area contributed by atoms with Gasteiger partial charge in [0.15, 0.2) is 5.72 Å². The van der Waals surface area contributed by atoms with Crippen LogP contribution in [-0.4, -0.2) is 110 Å². The van der Waals surface area contributed by atoms with Crippen molar-refractivity contribution >= 4 is 41.2 Å². The summed E-state index contributed by atoms with van der Waals surface area (Å²) < 4.78 is 23.6. The quantitative estimate of drug-likeness (QED) is 0.282. The van der Waals surface area contributed by atoms with E-state index < -0.39 is 59.8 Å². The minimum Gasteiger partial charge on any atom is -0.457 e. The third-order valence-electron chi connectivity index (χ3n) is 10.1. The van der Waals surface area contributed by atoms with Crippen LogP contribution in [0.3, 0.4) is 0 Å². The number of allylic oxidation sites excluding steroid dienone is 3. The number of fused-ring (bicyclic) bond motifs is 5. The second-order valence-electron chi connectivity index (χ2n) is 13.9. The van der Waals surface area contributed by atoms with Crippen LogP contribution >= 0.6 is 11.6 Å². The lowest BCUT2D eigenvalue weighted by atomic mass is 9.83. The van der Waals surface area contributed by atoms with Crippen LogP contribution in [0.5, 0.6) is 0 Å². The van der Waals surface area contributed by atoms with Crippen molar-refractivity contribution in [2.24, 2.45) is 5.92 Å². The van der Waals surface area contributed by atoms with Crippen LogP contribution in [0.15, 0.2) is 35.9 Å². The Hall–Kier alpha value is -3.49. The fourth-order valence-electron chi connectivity index (χ4n) is 6.66. The first-order valence-corrected chi connectivity index (χ1v) is 17.3. The molecule has 13 nitrogen and oxygen atoms in total. The predicted molar refractivity (Wildman–Crippen MR) is 188 cm³/mol. The Bertz CT molecular complexity index is 1530. The number of halogens is 1. The van der Waals surface area contributed by atoms with Crippen LogP contribution in [-0.2, 0) is 39.8 Å².